The standard InChI is InChI=1S/C19H29N3O2.ClH/c20-18-8-4-7-17(13-18)14-21-9-11-22(12-10-21)19(23)24-15-16-5-2-1-3-6-16;/h1-3,5-6,17-18H,4,7-15,20H2;1H/t17-,18+;/m1./s1. The van der Waals surface area contributed by atoms with E-state index in [4.69, 9.17) is 10.5 Å². The number of nitrogens with two attached hydrogens (primary N) is 1. The second kappa shape index (κ2) is 10.00. The Hall–Kier alpha value is -1.30. The molecule has 1 amide bonds. The van der Waals surface area contributed by atoms with Crippen molar-refractivity contribution in [1.82, 2.24) is 9.80 Å². The van der Waals surface area contributed by atoms with Gasteiger partial charge >= 0.3 is 6.09 Å². The van der Waals surface area contributed by atoms with E-state index in [1.54, 1.807) is 0 Å². The summed E-state index contributed by atoms with van der Waals surface area (Å²) in [6.45, 7) is 4.86. The molecule has 1 saturated heterocycles. The van der Waals surface area contributed by atoms with Crippen LogP contribution >= 0.6 is 12.4 Å². The van der Waals surface area contributed by atoms with Gasteiger partial charge in [0.05, 0.1) is 0 Å². The van der Waals surface area contributed by atoms with Crippen molar-refractivity contribution in [3.8, 4) is 0 Å². The maximum atomic E-state index is 12.2. The van der Waals surface area contributed by atoms with Crippen molar-refractivity contribution in [1.29, 1.82) is 0 Å². The highest BCUT2D eigenvalue weighted by atomic mass is 35.5. The van der Waals surface area contributed by atoms with Crippen LogP contribution in [0.5, 0.6) is 0 Å². The summed E-state index contributed by atoms with van der Waals surface area (Å²) in [7, 11) is 0. The van der Waals surface area contributed by atoms with E-state index < -0.39 is 0 Å². The Morgan fingerprint density at radius 1 is 1.12 bits per heavy atom. The fourth-order valence-corrected chi connectivity index (χ4v) is 3.79. The van der Waals surface area contributed by atoms with Crippen LogP contribution in [-0.2, 0) is 11.3 Å². The molecule has 0 unspecified atom stereocenters. The molecule has 1 aromatic rings. The lowest BCUT2D eigenvalue weighted by Crippen LogP contribution is -2.50. The van der Waals surface area contributed by atoms with Crippen molar-refractivity contribution < 1.29 is 9.53 Å². The van der Waals surface area contributed by atoms with Gasteiger partial charge in [-0.15, -0.1) is 12.4 Å². The number of carbonyl (C=O) groups excluding carboxylic acids is 1. The smallest absolute Gasteiger partial charge is 0.410 e. The van der Waals surface area contributed by atoms with Gasteiger partial charge in [-0.3, -0.25) is 4.90 Å². The van der Waals surface area contributed by atoms with Crippen LogP contribution in [0.2, 0.25) is 0 Å². The van der Waals surface area contributed by atoms with E-state index in [1.165, 1.54) is 19.3 Å². The van der Waals surface area contributed by atoms with Gasteiger partial charge in [-0.25, -0.2) is 4.79 Å². The van der Waals surface area contributed by atoms with Gasteiger partial charge in [-0.05, 0) is 30.7 Å². The molecule has 2 atom stereocenters. The Morgan fingerprint density at radius 3 is 2.52 bits per heavy atom. The molecule has 1 aromatic carbocycles. The van der Waals surface area contributed by atoms with Crippen molar-refractivity contribution in [3.05, 3.63) is 35.9 Å². The zero-order valence-electron chi connectivity index (χ0n) is 14.8. The quantitative estimate of drug-likeness (QED) is 0.888. The normalized spacial score (nSPS) is 24.4. The average molecular weight is 368 g/mol. The third-order valence-corrected chi connectivity index (χ3v) is 5.18. The molecule has 25 heavy (non-hydrogen) atoms. The molecule has 0 radical (unpaired) electrons. The lowest BCUT2D eigenvalue weighted by molar-refractivity contribution is 0.0654. The summed E-state index contributed by atoms with van der Waals surface area (Å²) in [5.74, 6) is 0.727. The first kappa shape index (κ1) is 20.0. The molecule has 1 aliphatic heterocycles. The number of piperazine rings is 1. The molecule has 140 valence electrons. The molecular weight excluding hydrogens is 338 g/mol. The van der Waals surface area contributed by atoms with Gasteiger partial charge in [0.25, 0.3) is 0 Å². The van der Waals surface area contributed by atoms with E-state index in [-0.39, 0.29) is 18.5 Å². The molecule has 5 nitrogen and oxygen atoms in total. The molecule has 6 heteroatoms. The van der Waals surface area contributed by atoms with E-state index in [2.05, 4.69) is 4.90 Å². The number of rotatable bonds is 4. The Balaban J connectivity index is 0.00000225. The minimum atomic E-state index is -0.196. The van der Waals surface area contributed by atoms with Crippen LogP contribution in [0.15, 0.2) is 30.3 Å². The summed E-state index contributed by atoms with van der Waals surface area (Å²) in [5, 5.41) is 0. The first-order valence-corrected chi connectivity index (χ1v) is 9.14. The molecular formula is C19H30ClN3O2. The minimum absolute atomic E-state index is 0. The number of halogens is 1. The predicted molar refractivity (Wildman–Crippen MR) is 102 cm³/mol. The summed E-state index contributed by atoms with van der Waals surface area (Å²) in [5.41, 5.74) is 7.11. The summed E-state index contributed by atoms with van der Waals surface area (Å²) < 4.78 is 5.42. The van der Waals surface area contributed by atoms with Crippen molar-refractivity contribution in [2.24, 2.45) is 11.7 Å². The Labute approximate surface area is 156 Å². The van der Waals surface area contributed by atoms with Crippen molar-refractivity contribution >= 4 is 18.5 Å². The fraction of sp³-hybridized carbons (Fsp3) is 0.632. The lowest BCUT2D eigenvalue weighted by atomic mass is 9.86. The number of carbonyl (C=O) groups is 1. The molecule has 0 spiro atoms. The maximum absolute atomic E-state index is 12.2. The van der Waals surface area contributed by atoms with Crippen LogP contribution in [0.4, 0.5) is 4.79 Å². The average Bonchev–Trinajstić information content (AvgIpc) is 2.61. The summed E-state index contributed by atoms with van der Waals surface area (Å²) in [6, 6.07) is 10.2. The molecule has 0 bridgehead atoms. The van der Waals surface area contributed by atoms with Gasteiger partial charge in [0.15, 0.2) is 0 Å². The Bertz CT molecular complexity index is 521. The van der Waals surface area contributed by atoms with Crippen LogP contribution in [0.3, 0.4) is 0 Å². The third kappa shape index (κ3) is 6.17. The molecule has 2 N–H and O–H groups in total. The van der Waals surface area contributed by atoms with Crippen LogP contribution in [0.1, 0.15) is 31.2 Å². The van der Waals surface area contributed by atoms with E-state index in [0.717, 1.165) is 50.6 Å². The largest absolute Gasteiger partial charge is 0.445 e. The number of nitrogens with zero attached hydrogens (tertiary/aromatic N) is 2. The van der Waals surface area contributed by atoms with E-state index in [9.17, 15) is 4.79 Å². The highest BCUT2D eigenvalue weighted by Gasteiger charge is 2.26. The monoisotopic (exact) mass is 367 g/mol. The topological polar surface area (TPSA) is 58.8 Å². The third-order valence-electron chi connectivity index (χ3n) is 5.18. The van der Waals surface area contributed by atoms with E-state index in [0.29, 0.717) is 12.6 Å². The number of hydrogen-bond donors (Lipinski definition) is 1. The number of hydrogen-bond acceptors (Lipinski definition) is 4. The SMILES string of the molecule is Cl.N[C@H]1CCC[C@@H](CN2CCN(C(=O)OCc3ccccc3)CC2)C1. The number of amides is 1. The Kier molecular flexibility index (Phi) is 8.00. The van der Waals surface area contributed by atoms with E-state index >= 15 is 0 Å². The fourth-order valence-electron chi connectivity index (χ4n) is 3.79. The van der Waals surface area contributed by atoms with Crippen molar-refractivity contribution in [3.63, 3.8) is 0 Å². The molecule has 3 rings (SSSR count). The van der Waals surface area contributed by atoms with Crippen LogP contribution in [-0.4, -0.2) is 54.7 Å². The predicted octanol–water partition coefficient (Wildman–Crippen LogP) is 2.88. The van der Waals surface area contributed by atoms with Gasteiger partial charge in [0.2, 0.25) is 0 Å². The minimum Gasteiger partial charge on any atom is -0.445 e. The number of benzene rings is 1. The van der Waals surface area contributed by atoms with E-state index in [1.807, 2.05) is 35.2 Å². The zero-order chi connectivity index (χ0) is 16.8. The molecule has 0 aromatic heterocycles. The number of ether oxygens (including phenoxy) is 1. The van der Waals surface area contributed by atoms with Gasteiger partial charge in [-0.2, -0.15) is 0 Å². The second-order valence-electron chi connectivity index (χ2n) is 7.12. The molecule has 2 fully saturated rings. The van der Waals surface area contributed by atoms with Crippen LogP contribution in [0.25, 0.3) is 0 Å². The molecule has 2 aliphatic rings. The van der Waals surface area contributed by atoms with Gasteiger partial charge in [0, 0.05) is 38.8 Å². The van der Waals surface area contributed by atoms with Gasteiger partial charge in [-0.1, -0.05) is 36.8 Å². The molecule has 1 aliphatic carbocycles. The first-order chi connectivity index (χ1) is 11.7. The second-order valence-corrected chi connectivity index (χ2v) is 7.12. The summed E-state index contributed by atoms with van der Waals surface area (Å²) >= 11 is 0. The molecule has 1 saturated carbocycles. The van der Waals surface area contributed by atoms with Gasteiger partial charge < -0.3 is 15.4 Å². The van der Waals surface area contributed by atoms with Crippen LogP contribution in [0, 0.1) is 5.92 Å². The summed E-state index contributed by atoms with van der Waals surface area (Å²) in [6.07, 6.45) is 4.69. The molecule has 1 heterocycles. The van der Waals surface area contributed by atoms with Gasteiger partial charge in [0.1, 0.15) is 6.61 Å². The summed E-state index contributed by atoms with van der Waals surface area (Å²) in [4.78, 5) is 16.5. The first-order valence-electron chi connectivity index (χ1n) is 9.14. The van der Waals surface area contributed by atoms with Crippen molar-refractivity contribution in [2.45, 2.75) is 38.3 Å². The Morgan fingerprint density at radius 2 is 1.84 bits per heavy atom. The highest BCUT2D eigenvalue weighted by molar-refractivity contribution is 5.85. The highest BCUT2D eigenvalue weighted by Crippen LogP contribution is 2.24. The zero-order valence-corrected chi connectivity index (χ0v) is 15.6. The maximum Gasteiger partial charge on any atom is 0.410 e. The lowest BCUT2D eigenvalue weighted by Gasteiger charge is -2.37. The van der Waals surface area contributed by atoms with Crippen LogP contribution < -0.4 is 5.73 Å². The van der Waals surface area contributed by atoms with Crippen molar-refractivity contribution in [2.75, 3.05) is 32.7 Å².